The van der Waals surface area contributed by atoms with Gasteiger partial charge in [0.1, 0.15) is 0 Å². The van der Waals surface area contributed by atoms with Gasteiger partial charge < -0.3 is 5.32 Å². The highest BCUT2D eigenvalue weighted by Crippen LogP contribution is 2.28. The first-order chi connectivity index (χ1) is 9.61. The van der Waals surface area contributed by atoms with Crippen molar-refractivity contribution in [1.29, 1.82) is 0 Å². The first-order valence-corrected chi connectivity index (χ1v) is 7.49. The molecule has 0 bridgehead atoms. The fourth-order valence-electron chi connectivity index (χ4n) is 2.57. The monoisotopic (exact) mass is 267 g/mol. The SMILES string of the molecule is CCCNCc1ccc(-c2cc(C)ccc2C)c(C)c1. The van der Waals surface area contributed by atoms with E-state index < -0.39 is 0 Å². The Hall–Kier alpha value is -1.60. The first-order valence-electron chi connectivity index (χ1n) is 7.49. The largest absolute Gasteiger partial charge is 0.313 e. The highest BCUT2D eigenvalue weighted by atomic mass is 14.8. The predicted molar refractivity (Wildman–Crippen MR) is 88.1 cm³/mol. The molecule has 0 aromatic heterocycles. The number of hydrogen-bond donors (Lipinski definition) is 1. The third-order valence-electron chi connectivity index (χ3n) is 3.73. The average Bonchev–Trinajstić information content (AvgIpc) is 2.42. The zero-order valence-electron chi connectivity index (χ0n) is 13.1. The summed E-state index contributed by atoms with van der Waals surface area (Å²) in [5, 5.41) is 3.46. The van der Waals surface area contributed by atoms with E-state index in [2.05, 4.69) is 69.4 Å². The Morgan fingerprint density at radius 1 is 0.850 bits per heavy atom. The molecule has 0 heterocycles. The van der Waals surface area contributed by atoms with Crippen molar-refractivity contribution < 1.29 is 0 Å². The molecule has 0 atom stereocenters. The lowest BCUT2D eigenvalue weighted by molar-refractivity contribution is 0.675. The predicted octanol–water partition coefficient (Wildman–Crippen LogP) is 4.78. The number of rotatable bonds is 5. The van der Waals surface area contributed by atoms with Crippen molar-refractivity contribution in [2.45, 2.75) is 40.7 Å². The molecule has 20 heavy (non-hydrogen) atoms. The number of nitrogens with one attached hydrogen (secondary N) is 1. The van der Waals surface area contributed by atoms with E-state index in [0.29, 0.717) is 0 Å². The molecule has 2 aromatic carbocycles. The summed E-state index contributed by atoms with van der Waals surface area (Å²) in [6.45, 7) is 10.8. The highest BCUT2D eigenvalue weighted by Gasteiger charge is 2.06. The van der Waals surface area contributed by atoms with Crippen LogP contribution in [0.2, 0.25) is 0 Å². The molecule has 0 saturated carbocycles. The molecule has 1 nitrogen and oxygen atoms in total. The van der Waals surface area contributed by atoms with Gasteiger partial charge in [-0.25, -0.2) is 0 Å². The molecule has 1 N–H and O–H groups in total. The number of benzene rings is 2. The summed E-state index contributed by atoms with van der Waals surface area (Å²) in [7, 11) is 0. The highest BCUT2D eigenvalue weighted by molar-refractivity contribution is 5.71. The first kappa shape index (κ1) is 14.8. The van der Waals surface area contributed by atoms with E-state index in [0.717, 1.165) is 13.1 Å². The van der Waals surface area contributed by atoms with Crippen LogP contribution in [0.1, 0.15) is 35.6 Å². The molecule has 0 saturated heterocycles. The lowest BCUT2D eigenvalue weighted by atomic mass is 9.94. The van der Waals surface area contributed by atoms with E-state index in [1.165, 1.54) is 39.8 Å². The molecule has 2 rings (SSSR count). The molecule has 1 heteroatoms. The van der Waals surface area contributed by atoms with Gasteiger partial charge in [-0.3, -0.25) is 0 Å². The van der Waals surface area contributed by atoms with E-state index in [4.69, 9.17) is 0 Å². The standard InChI is InChI=1S/C19H25N/c1-5-10-20-13-17-8-9-18(16(4)12-17)19-11-14(2)6-7-15(19)3/h6-9,11-12,20H,5,10,13H2,1-4H3. The van der Waals surface area contributed by atoms with Crippen LogP contribution in [0.25, 0.3) is 11.1 Å². The fourth-order valence-corrected chi connectivity index (χ4v) is 2.57. The topological polar surface area (TPSA) is 12.0 Å². The van der Waals surface area contributed by atoms with Crippen molar-refractivity contribution in [3.63, 3.8) is 0 Å². The third-order valence-corrected chi connectivity index (χ3v) is 3.73. The van der Waals surface area contributed by atoms with Crippen LogP contribution in [-0.4, -0.2) is 6.54 Å². The summed E-state index contributed by atoms with van der Waals surface area (Å²) in [4.78, 5) is 0. The van der Waals surface area contributed by atoms with Crippen molar-refractivity contribution in [3.05, 3.63) is 58.7 Å². The lowest BCUT2D eigenvalue weighted by Gasteiger charge is -2.12. The Morgan fingerprint density at radius 3 is 2.35 bits per heavy atom. The zero-order chi connectivity index (χ0) is 14.5. The van der Waals surface area contributed by atoms with Crippen LogP contribution in [0.4, 0.5) is 0 Å². The molecule has 0 radical (unpaired) electrons. The van der Waals surface area contributed by atoms with Gasteiger partial charge in [0.25, 0.3) is 0 Å². The molecule has 0 aliphatic heterocycles. The molecule has 0 spiro atoms. The minimum absolute atomic E-state index is 0.960. The van der Waals surface area contributed by atoms with Crippen LogP contribution < -0.4 is 5.32 Å². The molecule has 0 aliphatic carbocycles. The van der Waals surface area contributed by atoms with E-state index in [1.54, 1.807) is 0 Å². The minimum Gasteiger partial charge on any atom is -0.313 e. The maximum Gasteiger partial charge on any atom is 0.0205 e. The smallest absolute Gasteiger partial charge is 0.0205 e. The van der Waals surface area contributed by atoms with Gasteiger partial charge in [-0.05, 0) is 61.6 Å². The molecule has 0 aliphatic rings. The Labute approximate surface area is 123 Å². The van der Waals surface area contributed by atoms with Gasteiger partial charge in [0.15, 0.2) is 0 Å². The van der Waals surface area contributed by atoms with Crippen LogP contribution in [0.5, 0.6) is 0 Å². The van der Waals surface area contributed by atoms with Crippen LogP contribution in [0.3, 0.4) is 0 Å². The third kappa shape index (κ3) is 3.49. The molecular formula is C19H25N. The van der Waals surface area contributed by atoms with Crippen LogP contribution in [0, 0.1) is 20.8 Å². The van der Waals surface area contributed by atoms with Gasteiger partial charge in [0, 0.05) is 6.54 Å². The van der Waals surface area contributed by atoms with Crippen molar-refractivity contribution in [1.82, 2.24) is 5.32 Å². The van der Waals surface area contributed by atoms with Crippen LogP contribution in [-0.2, 0) is 6.54 Å². The second-order valence-corrected chi connectivity index (χ2v) is 5.64. The summed E-state index contributed by atoms with van der Waals surface area (Å²) in [6, 6.07) is 13.5. The van der Waals surface area contributed by atoms with E-state index in [-0.39, 0.29) is 0 Å². The van der Waals surface area contributed by atoms with E-state index in [1.807, 2.05) is 0 Å². The summed E-state index contributed by atoms with van der Waals surface area (Å²) < 4.78 is 0. The van der Waals surface area contributed by atoms with Gasteiger partial charge in [-0.15, -0.1) is 0 Å². The van der Waals surface area contributed by atoms with Gasteiger partial charge in [-0.1, -0.05) is 48.9 Å². The lowest BCUT2D eigenvalue weighted by Crippen LogP contribution is -2.13. The van der Waals surface area contributed by atoms with Crippen molar-refractivity contribution in [2.24, 2.45) is 0 Å². The fraction of sp³-hybridized carbons (Fsp3) is 0.368. The van der Waals surface area contributed by atoms with Crippen LogP contribution >= 0.6 is 0 Å². The molecule has 2 aromatic rings. The molecule has 106 valence electrons. The Morgan fingerprint density at radius 2 is 1.65 bits per heavy atom. The van der Waals surface area contributed by atoms with Gasteiger partial charge in [0.05, 0.1) is 0 Å². The number of aryl methyl sites for hydroxylation is 3. The maximum absolute atomic E-state index is 3.46. The van der Waals surface area contributed by atoms with Crippen molar-refractivity contribution in [3.8, 4) is 11.1 Å². The van der Waals surface area contributed by atoms with Crippen molar-refractivity contribution >= 4 is 0 Å². The van der Waals surface area contributed by atoms with Crippen LogP contribution in [0.15, 0.2) is 36.4 Å². The zero-order valence-corrected chi connectivity index (χ0v) is 13.1. The molecule has 0 amide bonds. The summed E-state index contributed by atoms with van der Waals surface area (Å²) in [5.41, 5.74) is 8.09. The van der Waals surface area contributed by atoms with Gasteiger partial charge in [0.2, 0.25) is 0 Å². The molecular weight excluding hydrogens is 242 g/mol. The Balaban J connectivity index is 2.27. The Bertz CT molecular complexity index is 584. The van der Waals surface area contributed by atoms with Gasteiger partial charge >= 0.3 is 0 Å². The van der Waals surface area contributed by atoms with Crippen molar-refractivity contribution in [2.75, 3.05) is 6.54 Å². The summed E-state index contributed by atoms with van der Waals surface area (Å²) in [5.74, 6) is 0. The molecule has 0 unspecified atom stereocenters. The van der Waals surface area contributed by atoms with E-state index in [9.17, 15) is 0 Å². The Kier molecular flexibility index (Phi) is 4.97. The second-order valence-electron chi connectivity index (χ2n) is 5.64. The molecule has 0 fully saturated rings. The van der Waals surface area contributed by atoms with Gasteiger partial charge in [-0.2, -0.15) is 0 Å². The summed E-state index contributed by atoms with van der Waals surface area (Å²) >= 11 is 0. The van der Waals surface area contributed by atoms with E-state index >= 15 is 0 Å². The normalized spacial score (nSPS) is 10.8. The maximum atomic E-state index is 3.46. The number of hydrogen-bond acceptors (Lipinski definition) is 1. The second kappa shape index (κ2) is 6.71. The minimum atomic E-state index is 0.960. The average molecular weight is 267 g/mol. The quantitative estimate of drug-likeness (QED) is 0.769. The summed E-state index contributed by atoms with van der Waals surface area (Å²) in [6.07, 6.45) is 1.18.